The van der Waals surface area contributed by atoms with Crippen LogP contribution in [0.4, 0.5) is 0 Å². The highest BCUT2D eigenvalue weighted by Gasteiger charge is 2.22. The van der Waals surface area contributed by atoms with Gasteiger partial charge in [-0.3, -0.25) is 4.79 Å². The van der Waals surface area contributed by atoms with Gasteiger partial charge in [0.15, 0.2) is 11.5 Å². The van der Waals surface area contributed by atoms with Crippen LogP contribution in [0.1, 0.15) is 10.4 Å². The third kappa shape index (κ3) is 3.61. The Morgan fingerprint density at radius 1 is 1.26 bits per heavy atom. The third-order valence-electron chi connectivity index (χ3n) is 4.28. The standard InChI is InChI=1S/C20H17ClN2O4/c1-25-13-6-7-16-12(8-13)9-15(19(21)23-16)20(24)22-10-14-11-26-17-4-2-3-5-18(17)27-14/h2-9,14H,10-11H2,1H3,(H,22,24)/t14-/m1/s1. The molecule has 2 aromatic carbocycles. The monoisotopic (exact) mass is 384 g/mol. The second-order valence-electron chi connectivity index (χ2n) is 6.09. The number of para-hydroxylation sites is 2. The van der Waals surface area contributed by atoms with Gasteiger partial charge in [-0.1, -0.05) is 23.7 Å². The van der Waals surface area contributed by atoms with Crippen LogP contribution in [0, 0.1) is 0 Å². The number of nitrogens with one attached hydrogen (secondary N) is 1. The van der Waals surface area contributed by atoms with E-state index in [0.29, 0.717) is 41.5 Å². The molecule has 1 atom stereocenters. The summed E-state index contributed by atoms with van der Waals surface area (Å²) >= 11 is 6.20. The van der Waals surface area contributed by atoms with Crippen LogP contribution in [0.15, 0.2) is 48.5 Å². The fraction of sp³-hybridized carbons (Fsp3) is 0.200. The Balaban J connectivity index is 1.47. The molecule has 4 rings (SSSR count). The molecule has 0 fully saturated rings. The number of nitrogens with zero attached hydrogens (tertiary/aromatic N) is 1. The number of amides is 1. The van der Waals surface area contributed by atoms with Crippen molar-refractivity contribution in [2.75, 3.05) is 20.3 Å². The maximum atomic E-state index is 12.6. The molecule has 1 aliphatic rings. The Kier molecular flexibility index (Phi) is 4.73. The molecule has 1 amide bonds. The van der Waals surface area contributed by atoms with E-state index in [1.165, 1.54) is 0 Å². The van der Waals surface area contributed by atoms with E-state index in [-0.39, 0.29) is 17.2 Å². The molecule has 138 valence electrons. The molecule has 0 radical (unpaired) electrons. The van der Waals surface area contributed by atoms with Crippen molar-refractivity contribution >= 4 is 28.4 Å². The van der Waals surface area contributed by atoms with Gasteiger partial charge in [-0.15, -0.1) is 0 Å². The second kappa shape index (κ2) is 7.32. The molecule has 0 unspecified atom stereocenters. The summed E-state index contributed by atoms with van der Waals surface area (Å²) in [5.74, 6) is 1.74. The Morgan fingerprint density at radius 3 is 2.89 bits per heavy atom. The van der Waals surface area contributed by atoms with Crippen molar-refractivity contribution in [3.8, 4) is 17.2 Å². The van der Waals surface area contributed by atoms with Crippen LogP contribution in [-0.2, 0) is 0 Å². The van der Waals surface area contributed by atoms with Gasteiger partial charge in [-0.2, -0.15) is 0 Å². The van der Waals surface area contributed by atoms with E-state index >= 15 is 0 Å². The smallest absolute Gasteiger partial charge is 0.254 e. The maximum Gasteiger partial charge on any atom is 0.254 e. The van der Waals surface area contributed by atoms with E-state index in [4.69, 9.17) is 25.8 Å². The Labute approximate surface area is 161 Å². The zero-order valence-corrected chi connectivity index (χ0v) is 15.3. The third-order valence-corrected chi connectivity index (χ3v) is 4.57. The number of carbonyl (C=O) groups is 1. The van der Waals surface area contributed by atoms with Gasteiger partial charge in [-0.05, 0) is 36.4 Å². The van der Waals surface area contributed by atoms with E-state index in [9.17, 15) is 4.79 Å². The lowest BCUT2D eigenvalue weighted by Gasteiger charge is -2.26. The van der Waals surface area contributed by atoms with Gasteiger partial charge in [0.05, 0.1) is 24.7 Å². The summed E-state index contributed by atoms with van der Waals surface area (Å²) in [5, 5.41) is 3.76. The fourth-order valence-electron chi connectivity index (χ4n) is 2.88. The molecule has 1 aliphatic heterocycles. The summed E-state index contributed by atoms with van der Waals surface area (Å²) in [7, 11) is 1.59. The van der Waals surface area contributed by atoms with Gasteiger partial charge in [0.2, 0.25) is 0 Å². The van der Waals surface area contributed by atoms with Crippen molar-refractivity contribution in [2.24, 2.45) is 0 Å². The lowest BCUT2D eigenvalue weighted by atomic mass is 10.1. The van der Waals surface area contributed by atoms with Crippen molar-refractivity contribution in [1.82, 2.24) is 10.3 Å². The van der Waals surface area contributed by atoms with Crippen LogP contribution in [0.2, 0.25) is 5.15 Å². The highest BCUT2D eigenvalue weighted by atomic mass is 35.5. The van der Waals surface area contributed by atoms with Crippen molar-refractivity contribution < 1.29 is 19.0 Å². The lowest BCUT2D eigenvalue weighted by molar-refractivity contribution is 0.0789. The van der Waals surface area contributed by atoms with Gasteiger partial charge in [0.25, 0.3) is 5.91 Å². The molecule has 27 heavy (non-hydrogen) atoms. The molecule has 0 saturated heterocycles. The highest BCUT2D eigenvalue weighted by molar-refractivity contribution is 6.33. The van der Waals surface area contributed by atoms with Crippen LogP contribution < -0.4 is 19.5 Å². The summed E-state index contributed by atoms with van der Waals surface area (Å²) in [6, 6.07) is 14.5. The van der Waals surface area contributed by atoms with Gasteiger partial charge < -0.3 is 19.5 Å². The molecule has 6 nitrogen and oxygen atoms in total. The first-order valence-corrected chi connectivity index (χ1v) is 8.83. The van der Waals surface area contributed by atoms with E-state index in [1.807, 2.05) is 30.3 Å². The number of methoxy groups -OCH3 is 1. The quantitative estimate of drug-likeness (QED) is 0.697. The molecule has 0 spiro atoms. The van der Waals surface area contributed by atoms with E-state index in [2.05, 4.69) is 10.3 Å². The van der Waals surface area contributed by atoms with Crippen LogP contribution in [-0.4, -0.2) is 37.3 Å². The highest BCUT2D eigenvalue weighted by Crippen LogP contribution is 2.30. The first-order valence-electron chi connectivity index (χ1n) is 8.45. The maximum absolute atomic E-state index is 12.6. The molecular formula is C20H17ClN2O4. The molecule has 1 aromatic heterocycles. The van der Waals surface area contributed by atoms with Crippen molar-refractivity contribution in [2.45, 2.75) is 6.10 Å². The molecule has 2 heterocycles. The summed E-state index contributed by atoms with van der Waals surface area (Å²) in [4.78, 5) is 16.9. The lowest BCUT2D eigenvalue weighted by Crippen LogP contribution is -2.40. The number of ether oxygens (including phenoxy) is 3. The Bertz CT molecular complexity index is 1010. The number of aromatic nitrogens is 1. The normalized spacial score (nSPS) is 15.4. The molecule has 7 heteroatoms. The number of hydrogen-bond acceptors (Lipinski definition) is 5. The number of carbonyl (C=O) groups excluding carboxylic acids is 1. The number of benzene rings is 2. The molecule has 0 bridgehead atoms. The van der Waals surface area contributed by atoms with Crippen LogP contribution in [0.5, 0.6) is 17.2 Å². The molecule has 0 saturated carbocycles. The number of fused-ring (bicyclic) bond motifs is 2. The first-order chi connectivity index (χ1) is 13.1. The summed E-state index contributed by atoms with van der Waals surface area (Å²) in [6.07, 6.45) is -0.281. The van der Waals surface area contributed by atoms with Gasteiger partial charge in [0, 0.05) is 5.39 Å². The summed E-state index contributed by atoms with van der Waals surface area (Å²) < 4.78 is 16.7. The molecule has 1 N–H and O–H groups in total. The van der Waals surface area contributed by atoms with E-state index in [1.54, 1.807) is 25.3 Å². The minimum atomic E-state index is -0.320. The van der Waals surface area contributed by atoms with Gasteiger partial charge >= 0.3 is 0 Å². The predicted molar refractivity (Wildman–Crippen MR) is 102 cm³/mol. The minimum absolute atomic E-state index is 0.149. The largest absolute Gasteiger partial charge is 0.497 e. The minimum Gasteiger partial charge on any atom is -0.497 e. The molecular weight excluding hydrogens is 368 g/mol. The number of pyridine rings is 1. The SMILES string of the molecule is COc1ccc2nc(Cl)c(C(=O)NC[C@@H]3COc4ccccc4O3)cc2c1. The second-order valence-corrected chi connectivity index (χ2v) is 6.45. The molecule has 3 aromatic rings. The number of hydrogen-bond donors (Lipinski definition) is 1. The average molecular weight is 385 g/mol. The number of rotatable bonds is 4. The van der Waals surface area contributed by atoms with E-state index in [0.717, 1.165) is 5.39 Å². The van der Waals surface area contributed by atoms with Gasteiger partial charge in [0.1, 0.15) is 23.6 Å². The first kappa shape index (κ1) is 17.4. The summed E-state index contributed by atoms with van der Waals surface area (Å²) in [6.45, 7) is 0.651. The van der Waals surface area contributed by atoms with E-state index < -0.39 is 0 Å². The predicted octanol–water partition coefficient (Wildman–Crippen LogP) is 3.47. The average Bonchev–Trinajstić information content (AvgIpc) is 2.71. The van der Waals surface area contributed by atoms with Crippen molar-refractivity contribution in [3.63, 3.8) is 0 Å². The fourth-order valence-corrected chi connectivity index (χ4v) is 3.11. The van der Waals surface area contributed by atoms with Crippen molar-refractivity contribution in [1.29, 1.82) is 0 Å². The van der Waals surface area contributed by atoms with Crippen LogP contribution in [0.3, 0.4) is 0 Å². The zero-order valence-electron chi connectivity index (χ0n) is 14.6. The molecule has 0 aliphatic carbocycles. The van der Waals surface area contributed by atoms with Gasteiger partial charge in [-0.25, -0.2) is 4.98 Å². The topological polar surface area (TPSA) is 69.7 Å². The van der Waals surface area contributed by atoms with Crippen molar-refractivity contribution in [3.05, 3.63) is 59.2 Å². The van der Waals surface area contributed by atoms with Crippen LogP contribution >= 0.6 is 11.6 Å². The Morgan fingerprint density at radius 2 is 2.07 bits per heavy atom. The zero-order chi connectivity index (χ0) is 18.8. The Hall–Kier alpha value is -2.99. The summed E-state index contributed by atoms with van der Waals surface area (Å²) in [5.41, 5.74) is 0.993. The van der Waals surface area contributed by atoms with Crippen LogP contribution in [0.25, 0.3) is 10.9 Å². The number of halogens is 1.